The quantitative estimate of drug-likeness (QED) is 0.796. The molecule has 1 atom stereocenters. The van der Waals surface area contributed by atoms with E-state index in [2.05, 4.69) is 17.1 Å². The Labute approximate surface area is 149 Å². The molecule has 1 aromatic heterocycles. The molecule has 2 rings (SSSR count). The third kappa shape index (κ3) is 3.39. The van der Waals surface area contributed by atoms with Crippen LogP contribution in [-0.4, -0.2) is 83.7 Å². The van der Waals surface area contributed by atoms with Crippen LogP contribution in [0.25, 0.3) is 0 Å². The van der Waals surface area contributed by atoms with Gasteiger partial charge in [-0.05, 0) is 20.8 Å². The maximum Gasteiger partial charge on any atom is 0.279 e. The zero-order valence-corrected chi connectivity index (χ0v) is 16.2. The van der Waals surface area contributed by atoms with Crippen LogP contribution in [0.15, 0.2) is 18.0 Å². The van der Waals surface area contributed by atoms with E-state index in [4.69, 9.17) is 0 Å². The number of aromatic nitrogens is 2. The van der Waals surface area contributed by atoms with Gasteiger partial charge in [0.2, 0.25) is 0 Å². The third-order valence-corrected chi connectivity index (χ3v) is 4.98. The summed E-state index contributed by atoms with van der Waals surface area (Å²) < 4.78 is 0.197. The number of nitrogens with zero attached hydrogens (tertiary/aromatic N) is 5. The van der Waals surface area contributed by atoms with Crippen molar-refractivity contribution in [3.8, 4) is 0 Å². The summed E-state index contributed by atoms with van der Waals surface area (Å²) in [5.41, 5.74) is 2.09. The molecule has 1 aliphatic heterocycles. The Kier molecular flexibility index (Phi) is 5.22. The van der Waals surface area contributed by atoms with E-state index in [9.17, 15) is 9.59 Å². The number of aromatic amines is 1. The molecule has 0 unspecified atom stereocenters. The van der Waals surface area contributed by atoms with E-state index in [0.717, 1.165) is 17.0 Å². The molecule has 8 heteroatoms. The van der Waals surface area contributed by atoms with Gasteiger partial charge in [0.25, 0.3) is 11.8 Å². The molecule has 0 saturated heterocycles. The van der Waals surface area contributed by atoms with E-state index in [0.29, 0.717) is 0 Å². The summed E-state index contributed by atoms with van der Waals surface area (Å²) in [6.45, 7) is 6.44. The van der Waals surface area contributed by atoms with Crippen molar-refractivity contribution < 1.29 is 14.2 Å². The molecule has 2 amide bonds. The number of nitrogens with one attached hydrogen (secondary N) is 1. The Morgan fingerprint density at radius 3 is 2.08 bits per heavy atom. The fourth-order valence-corrected chi connectivity index (χ4v) is 3.05. The Balaban J connectivity index is 2.54. The molecule has 0 saturated carbocycles. The number of aryl methyl sites for hydroxylation is 1. The first-order valence-electron chi connectivity index (χ1n) is 8.35. The smallest absolute Gasteiger partial charge is 0.279 e. The second kappa shape index (κ2) is 6.87. The summed E-state index contributed by atoms with van der Waals surface area (Å²) in [6, 6.07) is -0.00417. The number of rotatable bonds is 5. The van der Waals surface area contributed by atoms with Gasteiger partial charge < -0.3 is 9.80 Å². The molecule has 0 spiro atoms. The van der Waals surface area contributed by atoms with Crippen LogP contribution in [0.4, 0.5) is 5.82 Å². The van der Waals surface area contributed by atoms with Crippen molar-refractivity contribution in [3.05, 3.63) is 23.5 Å². The van der Waals surface area contributed by atoms with Crippen LogP contribution < -0.4 is 5.01 Å². The van der Waals surface area contributed by atoms with E-state index in [-0.39, 0.29) is 35.5 Å². The molecule has 0 aliphatic carbocycles. The van der Waals surface area contributed by atoms with Gasteiger partial charge in [0.1, 0.15) is 6.04 Å². The lowest BCUT2D eigenvalue weighted by atomic mass is 10.1. The lowest BCUT2D eigenvalue weighted by Gasteiger charge is -2.44. The molecular formula is C17H29N6O2+. The van der Waals surface area contributed by atoms with Gasteiger partial charge in [-0.25, -0.2) is 0 Å². The highest BCUT2D eigenvalue weighted by Gasteiger charge is 2.50. The topological polar surface area (TPSA) is 72.5 Å². The van der Waals surface area contributed by atoms with Crippen LogP contribution in [0.2, 0.25) is 0 Å². The van der Waals surface area contributed by atoms with Gasteiger partial charge in [0.15, 0.2) is 18.9 Å². The van der Waals surface area contributed by atoms with Crippen molar-refractivity contribution in [2.45, 2.75) is 26.8 Å². The molecule has 1 N–H and O–H groups in total. The zero-order valence-electron chi connectivity index (χ0n) is 16.2. The van der Waals surface area contributed by atoms with E-state index >= 15 is 0 Å². The normalized spacial score (nSPS) is 18.9. The van der Waals surface area contributed by atoms with E-state index in [1.165, 1.54) is 0 Å². The highest BCUT2D eigenvalue weighted by Crippen LogP contribution is 2.36. The lowest BCUT2D eigenvalue weighted by Crippen LogP contribution is -2.66. The van der Waals surface area contributed by atoms with E-state index < -0.39 is 0 Å². The zero-order chi connectivity index (χ0) is 18.9. The van der Waals surface area contributed by atoms with E-state index in [1.807, 2.05) is 25.1 Å². The number of anilines is 1. The first-order valence-corrected chi connectivity index (χ1v) is 8.35. The van der Waals surface area contributed by atoms with E-state index in [1.54, 1.807) is 44.2 Å². The summed E-state index contributed by atoms with van der Waals surface area (Å²) in [6.07, 6.45) is 3.76. The molecule has 0 aromatic carbocycles. The van der Waals surface area contributed by atoms with Crippen LogP contribution in [0.3, 0.4) is 0 Å². The molecule has 1 aliphatic rings. The second-order valence-electron chi connectivity index (χ2n) is 7.17. The summed E-state index contributed by atoms with van der Waals surface area (Å²) >= 11 is 0. The summed E-state index contributed by atoms with van der Waals surface area (Å²) in [7, 11) is 6.94. The number of carbonyl (C=O) groups excluding carboxylic acids is 2. The fraction of sp³-hybridized carbons (Fsp3) is 0.588. The van der Waals surface area contributed by atoms with Gasteiger partial charge in [0.05, 0.1) is 12.4 Å². The molecule has 0 radical (unpaired) electrons. The standard InChI is InChI=1S/C17H29N6O2/c1-12-8-18-19-17(12)22-9-13(2)14(3)23(22,10-15(24)20(4)5)11-16(25)21(6)7/h8-9,14H,10-11H2,1-7H3,(H,18,19)/q+1/t14-/m0/s1. The lowest BCUT2D eigenvalue weighted by molar-refractivity contribution is -0.929. The summed E-state index contributed by atoms with van der Waals surface area (Å²) in [4.78, 5) is 28.4. The summed E-state index contributed by atoms with van der Waals surface area (Å²) in [5.74, 6) is 0.758. The Morgan fingerprint density at radius 2 is 1.68 bits per heavy atom. The highest BCUT2D eigenvalue weighted by molar-refractivity contribution is 5.79. The van der Waals surface area contributed by atoms with Gasteiger partial charge in [0, 0.05) is 39.3 Å². The molecular weight excluding hydrogens is 320 g/mol. The number of quaternary nitrogens is 1. The van der Waals surface area contributed by atoms with Crippen molar-refractivity contribution in [2.24, 2.45) is 0 Å². The molecule has 8 nitrogen and oxygen atoms in total. The van der Waals surface area contributed by atoms with Gasteiger partial charge in [-0.3, -0.25) is 14.7 Å². The van der Waals surface area contributed by atoms with Gasteiger partial charge in [-0.2, -0.15) is 14.7 Å². The van der Waals surface area contributed by atoms with Crippen molar-refractivity contribution >= 4 is 17.6 Å². The molecule has 0 bridgehead atoms. The number of carbonyl (C=O) groups is 2. The second-order valence-corrected chi connectivity index (χ2v) is 7.17. The largest absolute Gasteiger partial charge is 0.344 e. The molecule has 25 heavy (non-hydrogen) atoms. The molecule has 2 heterocycles. The van der Waals surface area contributed by atoms with Crippen molar-refractivity contribution in [1.82, 2.24) is 20.0 Å². The Hall–Kier alpha value is -2.35. The van der Waals surface area contributed by atoms with Crippen molar-refractivity contribution in [1.29, 1.82) is 0 Å². The average molecular weight is 349 g/mol. The van der Waals surface area contributed by atoms with Crippen LogP contribution >= 0.6 is 0 Å². The van der Waals surface area contributed by atoms with Crippen LogP contribution in [-0.2, 0) is 9.59 Å². The number of hydrogen-bond acceptors (Lipinski definition) is 4. The first-order chi connectivity index (χ1) is 11.6. The predicted octanol–water partition coefficient (Wildman–Crippen LogP) is 0.739. The van der Waals surface area contributed by atoms with Gasteiger partial charge in [-0.1, -0.05) is 0 Å². The monoisotopic (exact) mass is 349 g/mol. The minimum atomic E-state index is -0.0244. The number of H-pyrrole nitrogens is 1. The highest BCUT2D eigenvalue weighted by atomic mass is 16.2. The maximum atomic E-state index is 12.6. The van der Waals surface area contributed by atoms with Crippen LogP contribution in [0.1, 0.15) is 19.4 Å². The average Bonchev–Trinajstić information content (AvgIpc) is 3.04. The first kappa shape index (κ1) is 19.0. The predicted molar refractivity (Wildman–Crippen MR) is 96.4 cm³/mol. The number of likely N-dealkylation sites (N-methyl/N-ethyl adjacent to an activating group) is 2. The fourth-order valence-electron chi connectivity index (χ4n) is 3.05. The Bertz CT molecular complexity index is 669. The van der Waals surface area contributed by atoms with Crippen LogP contribution in [0, 0.1) is 6.92 Å². The SMILES string of the molecule is CC1=CN(c2[nH]ncc2C)[N+](CC(=O)N(C)C)(CC(=O)N(C)C)[C@H]1C. The third-order valence-electron chi connectivity index (χ3n) is 4.98. The number of amides is 2. The minimum absolute atomic E-state index is 0.00417. The van der Waals surface area contributed by atoms with Crippen LogP contribution in [0.5, 0.6) is 0 Å². The minimum Gasteiger partial charge on any atom is -0.344 e. The maximum absolute atomic E-state index is 12.6. The van der Waals surface area contributed by atoms with Gasteiger partial charge >= 0.3 is 0 Å². The van der Waals surface area contributed by atoms with Crippen molar-refractivity contribution in [2.75, 3.05) is 46.3 Å². The van der Waals surface area contributed by atoms with Gasteiger partial charge in [-0.15, -0.1) is 0 Å². The summed E-state index contributed by atoms with van der Waals surface area (Å²) in [5, 5.41) is 9.12. The van der Waals surface area contributed by atoms with Crippen molar-refractivity contribution in [3.63, 3.8) is 0 Å². The molecule has 1 aromatic rings. The Morgan fingerprint density at radius 1 is 1.16 bits per heavy atom. The molecule has 0 fully saturated rings. The number of hydrogen-bond donors (Lipinski definition) is 1. The molecule has 138 valence electrons.